The van der Waals surface area contributed by atoms with Gasteiger partial charge in [0.25, 0.3) is 5.91 Å². The van der Waals surface area contributed by atoms with Crippen molar-refractivity contribution in [3.63, 3.8) is 0 Å². The molecular formula is C19H23ClN2O4S2. The summed E-state index contributed by atoms with van der Waals surface area (Å²) in [5, 5.41) is 12.2. The summed E-state index contributed by atoms with van der Waals surface area (Å²) in [5.74, 6) is 0.665. The molecule has 1 aromatic carbocycles. The fraction of sp³-hybridized carbons (Fsp3) is 0.526. The van der Waals surface area contributed by atoms with Crippen LogP contribution in [0.5, 0.6) is 0 Å². The summed E-state index contributed by atoms with van der Waals surface area (Å²) in [5.41, 5.74) is 0.344. The summed E-state index contributed by atoms with van der Waals surface area (Å²) < 4.78 is 0.220. The van der Waals surface area contributed by atoms with E-state index in [-0.39, 0.29) is 22.8 Å². The van der Waals surface area contributed by atoms with E-state index in [2.05, 4.69) is 5.32 Å². The molecule has 0 aliphatic carbocycles. The molecule has 2 saturated heterocycles. The van der Waals surface area contributed by atoms with E-state index in [9.17, 15) is 14.4 Å². The Morgan fingerprint density at radius 2 is 1.89 bits per heavy atom. The molecular weight excluding hydrogens is 420 g/mol. The molecule has 2 aliphatic rings. The number of halogens is 1. The number of benzene rings is 1. The molecule has 2 heterocycles. The van der Waals surface area contributed by atoms with E-state index >= 15 is 0 Å². The van der Waals surface area contributed by atoms with Gasteiger partial charge in [0, 0.05) is 41.6 Å². The molecule has 28 heavy (non-hydrogen) atoms. The first-order valence-electron chi connectivity index (χ1n) is 9.23. The van der Waals surface area contributed by atoms with Crippen molar-refractivity contribution in [2.45, 2.75) is 35.8 Å². The van der Waals surface area contributed by atoms with E-state index in [0.29, 0.717) is 23.7 Å². The van der Waals surface area contributed by atoms with Crippen LogP contribution >= 0.6 is 35.1 Å². The van der Waals surface area contributed by atoms with Gasteiger partial charge < -0.3 is 15.3 Å². The molecule has 1 unspecified atom stereocenters. The van der Waals surface area contributed by atoms with E-state index in [1.165, 1.54) is 6.07 Å². The van der Waals surface area contributed by atoms with Crippen LogP contribution in [-0.2, 0) is 9.59 Å². The molecule has 2 amide bonds. The van der Waals surface area contributed by atoms with Gasteiger partial charge in [-0.2, -0.15) is 0 Å². The van der Waals surface area contributed by atoms with E-state index < -0.39 is 17.9 Å². The van der Waals surface area contributed by atoms with Crippen LogP contribution in [0.15, 0.2) is 24.3 Å². The Morgan fingerprint density at radius 1 is 1.21 bits per heavy atom. The summed E-state index contributed by atoms with van der Waals surface area (Å²) >= 11 is 9.89. The van der Waals surface area contributed by atoms with Crippen molar-refractivity contribution < 1.29 is 19.5 Å². The molecule has 0 bridgehead atoms. The highest BCUT2D eigenvalue weighted by Gasteiger charge is 2.40. The summed E-state index contributed by atoms with van der Waals surface area (Å²) in [4.78, 5) is 38.3. The quantitative estimate of drug-likeness (QED) is 0.704. The zero-order valence-corrected chi connectivity index (χ0v) is 17.7. The molecule has 9 heteroatoms. The first-order valence-corrected chi connectivity index (χ1v) is 11.6. The van der Waals surface area contributed by atoms with Gasteiger partial charge in [0.2, 0.25) is 5.91 Å². The van der Waals surface area contributed by atoms with E-state index in [4.69, 9.17) is 16.7 Å². The van der Waals surface area contributed by atoms with Gasteiger partial charge in [-0.3, -0.25) is 14.4 Å². The summed E-state index contributed by atoms with van der Waals surface area (Å²) in [7, 11) is 0. The van der Waals surface area contributed by atoms with Crippen molar-refractivity contribution in [3.05, 3.63) is 34.9 Å². The SMILES string of the molecule is O=C(O)CCC(NC(=O)c1cccc(Cl)c1)C(=O)N1CCC2(CC1)SCCS2. The van der Waals surface area contributed by atoms with Crippen LogP contribution in [0.3, 0.4) is 0 Å². The van der Waals surface area contributed by atoms with E-state index in [0.717, 1.165) is 24.3 Å². The lowest BCUT2D eigenvalue weighted by molar-refractivity contribution is -0.138. The number of hydrogen-bond donors (Lipinski definition) is 2. The van der Waals surface area contributed by atoms with Gasteiger partial charge in [-0.05, 0) is 37.5 Å². The maximum atomic E-state index is 13.0. The van der Waals surface area contributed by atoms with Crippen molar-refractivity contribution in [1.29, 1.82) is 0 Å². The number of rotatable bonds is 6. The van der Waals surface area contributed by atoms with Crippen molar-refractivity contribution in [3.8, 4) is 0 Å². The fourth-order valence-electron chi connectivity index (χ4n) is 3.47. The van der Waals surface area contributed by atoms with Crippen molar-refractivity contribution in [2.75, 3.05) is 24.6 Å². The average Bonchev–Trinajstić information content (AvgIpc) is 3.13. The van der Waals surface area contributed by atoms with Gasteiger partial charge in [-0.25, -0.2) is 0 Å². The Balaban J connectivity index is 1.65. The third kappa shape index (κ3) is 5.36. The number of thioether (sulfide) groups is 2. The number of carboxylic acid groups (broad SMARTS) is 1. The van der Waals surface area contributed by atoms with Crippen LogP contribution in [0.4, 0.5) is 0 Å². The minimum Gasteiger partial charge on any atom is -0.481 e. The standard InChI is InChI=1S/C19H23ClN2O4S2/c20-14-3-1-2-13(12-14)17(25)21-15(4-5-16(23)24)18(26)22-8-6-19(7-9-22)27-10-11-28-19/h1-3,12,15H,4-11H2,(H,21,25)(H,23,24). The molecule has 1 aromatic rings. The molecule has 3 rings (SSSR count). The maximum Gasteiger partial charge on any atom is 0.303 e. The number of hydrogen-bond acceptors (Lipinski definition) is 5. The largest absolute Gasteiger partial charge is 0.481 e. The molecule has 2 fully saturated rings. The molecule has 0 aromatic heterocycles. The number of likely N-dealkylation sites (tertiary alicyclic amines) is 1. The third-order valence-corrected chi connectivity index (χ3v) is 8.87. The van der Waals surface area contributed by atoms with Crippen molar-refractivity contribution >= 4 is 52.9 Å². The predicted molar refractivity (Wildman–Crippen MR) is 113 cm³/mol. The van der Waals surface area contributed by atoms with Gasteiger partial charge in [0.15, 0.2) is 0 Å². The number of amides is 2. The van der Waals surface area contributed by atoms with Gasteiger partial charge in [-0.1, -0.05) is 17.7 Å². The average molecular weight is 443 g/mol. The van der Waals surface area contributed by atoms with Crippen LogP contribution in [0.1, 0.15) is 36.0 Å². The second-order valence-electron chi connectivity index (χ2n) is 6.90. The first-order chi connectivity index (χ1) is 13.4. The van der Waals surface area contributed by atoms with Gasteiger partial charge in [0.1, 0.15) is 6.04 Å². The molecule has 1 spiro atoms. The second-order valence-corrected chi connectivity index (χ2v) is 10.6. The molecule has 0 radical (unpaired) electrons. The maximum absolute atomic E-state index is 13.0. The molecule has 152 valence electrons. The van der Waals surface area contributed by atoms with Crippen LogP contribution in [0, 0.1) is 0 Å². The van der Waals surface area contributed by atoms with E-state index in [1.54, 1.807) is 23.1 Å². The van der Waals surface area contributed by atoms with Crippen LogP contribution in [0.25, 0.3) is 0 Å². The molecule has 6 nitrogen and oxygen atoms in total. The molecule has 2 N–H and O–H groups in total. The number of carbonyl (C=O) groups excluding carboxylic acids is 2. The number of aliphatic carboxylic acids is 1. The summed E-state index contributed by atoms with van der Waals surface area (Å²) in [6.07, 6.45) is 1.71. The minimum absolute atomic E-state index is 0.0611. The Morgan fingerprint density at radius 3 is 2.50 bits per heavy atom. The monoisotopic (exact) mass is 442 g/mol. The zero-order valence-electron chi connectivity index (χ0n) is 15.4. The smallest absolute Gasteiger partial charge is 0.303 e. The number of nitrogens with zero attached hydrogens (tertiary/aromatic N) is 1. The first kappa shape index (κ1) is 21.3. The van der Waals surface area contributed by atoms with Crippen LogP contribution in [-0.4, -0.2) is 62.5 Å². The molecule has 1 atom stereocenters. The normalized spacial score (nSPS) is 19.4. The molecule has 0 saturated carbocycles. The lowest BCUT2D eigenvalue weighted by atomic mass is 10.1. The fourth-order valence-corrected chi connectivity index (χ4v) is 6.85. The Hall–Kier alpha value is -1.38. The highest BCUT2D eigenvalue weighted by atomic mass is 35.5. The molecule has 2 aliphatic heterocycles. The number of carboxylic acids is 1. The Labute approximate surface area is 177 Å². The number of nitrogens with one attached hydrogen (secondary N) is 1. The van der Waals surface area contributed by atoms with E-state index in [1.807, 2.05) is 23.5 Å². The van der Waals surface area contributed by atoms with Crippen molar-refractivity contribution in [2.24, 2.45) is 0 Å². The lowest BCUT2D eigenvalue weighted by Gasteiger charge is -2.39. The highest BCUT2D eigenvalue weighted by molar-refractivity contribution is 8.21. The van der Waals surface area contributed by atoms with Crippen molar-refractivity contribution in [1.82, 2.24) is 10.2 Å². The Bertz CT molecular complexity index is 745. The summed E-state index contributed by atoms with van der Waals surface area (Å²) in [6, 6.07) is 5.59. The number of piperidine rings is 1. The van der Waals surface area contributed by atoms with Crippen LogP contribution in [0.2, 0.25) is 5.02 Å². The topological polar surface area (TPSA) is 86.7 Å². The lowest BCUT2D eigenvalue weighted by Crippen LogP contribution is -2.52. The third-order valence-electron chi connectivity index (χ3n) is 4.99. The van der Waals surface area contributed by atoms with Gasteiger partial charge >= 0.3 is 5.97 Å². The van der Waals surface area contributed by atoms with Gasteiger partial charge in [-0.15, -0.1) is 23.5 Å². The second kappa shape index (κ2) is 9.41. The minimum atomic E-state index is -0.994. The summed E-state index contributed by atoms with van der Waals surface area (Å²) in [6.45, 7) is 1.27. The van der Waals surface area contributed by atoms with Crippen LogP contribution < -0.4 is 5.32 Å². The van der Waals surface area contributed by atoms with Gasteiger partial charge in [0.05, 0.1) is 4.08 Å². The Kier molecular flexibility index (Phi) is 7.17. The predicted octanol–water partition coefficient (Wildman–Crippen LogP) is 3.10. The number of carbonyl (C=O) groups is 3. The zero-order chi connectivity index (χ0) is 20.1. The highest BCUT2D eigenvalue weighted by Crippen LogP contribution is 2.50.